The number of ether oxygens (including phenoxy) is 1. The van der Waals surface area contributed by atoms with E-state index in [0.717, 1.165) is 16.7 Å². The number of aryl methyl sites for hydroxylation is 1. The zero-order valence-corrected chi connectivity index (χ0v) is 19.8. The Hall–Kier alpha value is -3.56. The van der Waals surface area contributed by atoms with Gasteiger partial charge in [0.25, 0.3) is 0 Å². The van der Waals surface area contributed by atoms with Crippen LogP contribution in [-0.4, -0.2) is 33.7 Å². The van der Waals surface area contributed by atoms with Crippen molar-refractivity contribution in [1.29, 1.82) is 0 Å². The number of nitrogens with zero attached hydrogens (tertiary/aromatic N) is 3. The monoisotopic (exact) mass is 480 g/mol. The molecule has 1 aliphatic rings. The van der Waals surface area contributed by atoms with Gasteiger partial charge in [-0.2, -0.15) is 4.98 Å². The molecule has 8 nitrogen and oxygen atoms in total. The minimum absolute atomic E-state index is 0.230. The van der Waals surface area contributed by atoms with E-state index in [4.69, 9.17) is 15.5 Å². The molecule has 3 aromatic rings. The highest BCUT2D eigenvalue weighted by molar-refractivity contribution is 5.70. The normalized spacial score (nSPS) is 18.9. The molecular weight excluding hydrogens is 451 g/mol. The highest BCUT2D eigenvalue weighted by Crippen LogP contribution is 2.40. The minimum atomic E-state index is -0.867. The molecule has 9 heteroatoms. The molecule has 1 amide bonds. The molecule has 0 spiro atoms. The van der Waals surface area contributed by atoms with Gasteiger partial charge in [0.15, 0.2) is 0 Å². The third-order valence-corrected chi connectivity index (χ3v) is 6.62. The van der Waals surface area contributed by atoms with Gasteiger partial charge in [0, 0.05) is 31.8 Å². The molecule has 0 unspecified atom stereocenters. The summed E-state index contributed by atoms with van der Waals surface area (Å²) < 4.78 is 21.0. The lowest BCUT2D eigenvalue weighted by Gasteiger charge is -2.43. The first-order valence-corrected chi connectivity index (χ1v) is 11.5. The van der Waals surface area contributed by atoms with Crippen LogP contribution in [0.3, 0.4) is 0 Å². The van der Waals surface area contributed by atoms with E-state index in [0.29, 0.717) is 38.1 Å². The van der Waals surface area contributed by atoms with Crippen molar-refractivity contribution < 1.29 is 18.8 Å². The van der Waals surface area contributed by atoms with E-state index >= 15 is 0 Å². The summed E-state index contributed by atoms with van der Waals surface area (Å²) in [7, 11) is 1.65. The molecule has 0 radical (unpaired) electrons. The number of rotatable bonds is 8. The smallest absolute Gasteiger partial charge is 0.411 e. The molecule has 2 aromatic carbocycles. The standard InChI is InChI=1S/C26H29FN4O4/c1-18(19-4-6-20(7-5-19)23-12-15-30(2)24(32)29-23)31-16-14-26(35-25(31)33,13-3-17-34-28)21-8-10-22(27)11-9-21/h4-12,15,18H,3,13-14,16-17,28H2,1-2H3/t18-,26+/m0/s1. The Morgan fingerprint density at radius 1 is 1.14 bits per heavy atom. The van der Waals surface area contributed by atoms with Gasteiger partial charge in [0.1, 0.15) is 11.4 Å². The van der Waals surface area contributed by atoms with Crippen molar-refractivity contribution in [2.75, 3.05) is 13.2 Å². The number of cyclic esters (lactones) is 1. The maximum absolute atomic E-state index is 13.5. The summed E-state index contributed by atoms with van der Waals surface area (Å²) in [5.74, 6) is 4.83. The highest BCUT2D eigenvalue weighted by atomic mass is 19.1. The molecule has 2 N–H and O–H groups in total. The van der Waals surface area contributed by atoms with Crippen LogP contribution in [0.5, 0.6) is 0 Å². The van der Waals surface area contributed by atoms with Crippen LogP contribution in [0, 0.1) is 5.82 Å². The maximum atomic E-state index is 13.5. The van der Waals surface area contributed by atoms with Crippen LogP contribution in [0.1, 0.15) is 43.4 Å². The summed E-state index contributed by atoms with van der Waals surface area (Å²) in [6.45, 7) is 2.74. The van der Waals surface area contributed by atoms with Gasteiger partial charge in [0.05, 0.1) is 18.3 Å². The van der Waals surface area contributed by atoms with Crippen LogP contribution >= 0.6 is 0 Å². The van der Waals surface area contributed by atoms with Crippen LogP contribution in [0.25, 0.3) is 11.3 Å². The molecule has 1 saturated heterocycles. The number of halogens is 1. The number of benzene rings is 2. The van der Waals surface area contributed by atoms with E-state index in [-0.39, 0.29) is 17.5 Å². The van der Waals surface area contributed by atoms with Crippen molar-refractivity contribution in [2.24, 2.45) is 12.9 Å². The lowest BCUT2D eigenvalue weighted by atomic mass is 9.84. The fourth-order valence-electron chi connectivity index (χ4n) is 4.48. The topological polar surface area (TPSA) is 99.7 Å². The molecule has 4 rings (SSSR count). The minimum Gasteiger partial charge on any atom is -0.438 e. The van der Waals surface area contributed by atoms with Crippen molar-refractivity contribution in [3.05, 3.63) is 88.2 Å². The fraction of sp³-hybridized carbons (Fsp3) is 0.346. The summed E-state index contributed by atoms with van der Waals surface area (Å²) >= 11 is 0. The van der Waals surface area contributed by atoms with E-state index in [2.05, 4.69) is 4.98 Å². The van der Waals surface area contributed by atoms with Crippen LogP contribution in [0.15, 0.2) is 65.6 Å². The van der Waals surface area contributed by atoms with Crippen molar-refractivity contribution in [3.8, 4) is 11.3 Å². The Morgan fingerprint density at radius 3 is 2.49 bits per heavy atom. The predicted octanol–water partition coefficient (Wildman–Crippen LogP) is 4.06. The zero-order valence-electron chi connectivity index (χ0n) is 19.8. The van der Waals surface area contributed by atoms with E-state index in [9.17, 15) is 14.0 Å². The lowest BCUT2D eigenvalue weighted by Crippen LogP contribution is -2.48. The third kappa shape index (κ3) is 5.26. The lowest BCUT2D eigenvalue weighted by molar-refractivity contribution is -0.0693. The molecule has 0 aliphatic carbocycles. The second kappa shape index (κ2) is 10.4. The molecule has 2 heterocycles. The Morgan fingerprint density at radius 2 is 1.86 bits per heavy atom. The number of hydrogen-bond donors (Lipinski definition) is 1. The van der Waals surface area contributed by atoms with E-state index < -0.39 is 11.7 Å². The molecule has 2 atom stereocenters. The van der Waals surface area contributed by atoms with Gasteiger partial charge in [-0.15, -0.1) is 0 Å². The van der Waals surface area contributed by atoms with Crippen molar-refractivity contribution in [1.82, 2.24) is 14.5 Å². The number of aromatic nitrogens is 2. The number of carbonyl (C=O) groups excluding carboxylic acids is 1. The summed E-state index contributed by atoms with van der Waals surface area (Å²) in [6.07, 6.45) is 2.91. The van der Waals surface area contributed by atoms with Gasteiger partial charge in [-0.25, -0.2) is 19.9 Å². The van der Waals surface area contributed by atoms with Crippen molar-refractivity contribution in [2.45, 2.75) is 37.8 Å². The molecule has 1 aromatic heterocycles. The maximum Gasteiger partial charge on any atom is 0.411 e. The highest BCUT2D eigenvalue weighted by Gasteiger charge is 2.43. The number of carbonyl (C=O) groups is 1. The van der Waals surface area contributed by atoms with Gasteiger partial charge in [-0.05, 0) is 49.1 Å². The average molecular weight is 481 g/mol. The van der Waals surface area contributed by atoms with Crippen molar-refractivity contribution >= 4 is 6.09 Å². The zero-order chi connectivity index (χ0) is 25.0. The summed E-state index contributed by atoms with van der Waals surface area (Å²) in [5.41, 5.74) is 1.91. The number of nitrogens with two attached hydrogens (primary N) is 1. The fourth-order valence-corrected chi connectivity index (χ4v) is 4.48. The molecule has 0 saturated carbocycles. The Labute approximate surface area is 203 Å². The van der Waals surface area contributed by atoms with Crippen LogP contribution in [0.2, 0.25) is 0 Å². The Bertz CT molecular complexity index is 1230. The Kier molecular flexibility index (Phi) is 7.28. The van der Waals surface area contributed by atoms with Gasteiger partial charge in [-0.3, -0.25) is 0 Å². The molecule has 0 bridgehead atoms. The summed E-state index contributed by atoms with van der Waals surface area (Å²) in [5, 5.41) is 0. The van der Waals surface area contributed by atoms with Crippen LogP contribution in [-0.2, 0) is 22.2 Å². The van der Waals surface area contributed by atoms with Crippen LogP contribution < -0.4 is 11.6 Å². The van der Waals surface area contributed by atoms with Gasteiger partial charge in [0.2, 0.25) is 0 Å². The molecular formula is C26H29FN4O4. The first-order valence-electron chi connectivity index (χ1n) is 11.5. The third-order valence-electron chi connectivity index (χ3n) is 6.62. The molecule has 35 heavy (non-hydrogen) atoms. The number of hydrogen-bond acceptors (Lipinski definition) is 6. The van der Waals surface area contributed by atoms with Gasteiger partial charge in [-0.1, -0.05) is 36.4 Å². The van der Waals surface area contributed by atoms with Crippen LogP contribution in [0.4, 0.5) is 9.18 Å². The SMILES string of the molecule is C[C@@H](c1ccc(-c2ccn(C)c(=O)n2)cc1)N1CC[C@](CCCON)(c2ccc(F)cc2)OC1=O. The Balaban J connectivity index is 1.51. The molecule has 184 valence electrons. The van der Waals surface area contributed by atoms with Gasteiger partial charge < -0.3 is 19.0 Å². The summed E-state index contributed by atoms with van der Waals surface area (Å²) in [6, 6.07) is 15.2. The van der Waals surface area contributed by atoms with E-state index in [1.807, 2.05) is 31.2 Å². The quantitative estimate of drug-likeness (QED) is 0.386. The summed E-state index contributed by atoms with van der Waals surface area (Å²) in [4.78, 5) is 35.5. The van der Waals surface area contributed by atoms with Gasteiger partial charge >= 0.3 is 11.8 Å². The first kappa shape index (κ1) is 24.6. The predicted molar refractivity (Wildman–Crippen MR) is 129 cm³/mol. The second-order valence-electron chi connectivity index (χ2n) is 8.79. The average Bonchev–Trinajstić information content (AvgIpc) is 2.86. The molecule has 1 fully saturated rings. The number of amides is 1. The van der Waals surface area contributed by atoms with Crippen molar-refractivity contribution in [3.63, 3.8) is 0 Å². The second-order valence-corrected chi connectivity index (χ2v) is 8.79. The first-order chi connectivity index (χ1) is 16.8. The van der Waals surface area contributed by atoms with E-state index in [1.165, 1.54) is 16.7 Å². The largest absolute Gasteiger partial charge is 0.438 e. The van der Waals surface area contributed by atoms with E-state index in [1.54, 1.807) is 36.3 Å². The molecule has 1 aliphatic heterocycles.